The number of nitrogens with zero attached hydrogens (tertiary/aromatic N) is 4. The highest BCUT2D eigenvalue weighted by atomic mass is 19.4. The highest BCUT2D eigenvalue weighted by Crippen LogP contribution is 2.01. The molecule has 2 aliphatic rings. The summed E-state index contributed by atoms with van der Waals surface area (Å²) in [6, 6.07) is 0. The third-order valence-corrected chi connectivity index (χ3v) is 3.09. The Hall–Kier alpha value is -1.58. The topological polar surface area (TPSA) is 22.2 Å². The van der Waals surface area contributed by atoms with E-state index < -0.39 is 7.54 Å². The van der Waals surface area contributed by atoms with Crippen LogP contribution in [0.5, 0.6) is 0 Å². The number of halogens is 4. The quantitative estimate of drug-likeness (QED) is 0.417. The molecule has 0 N–H and O–H groups in total. The molecule has 30 heavy (non-hydrogen) atoms. The van der Waals surface area contributed by atoms with Crippen LogP contribution in [0.3, 0.4) is 0 Å². The summed E-state index contributed by atoms with van der Waals surface area (Å²) in [5.74, 6) is 0. The summed E-state index contributed by atoms with van der Waals surface area (Å²) in [7, 11) is 0.484. The Bertz CT molecular complexity index is 337. The standard InChI is InChI=1S/2C6H12N2.C4H10O.C2H5F.2CH4.BF3/c2*1-3-8-5-4-7(2)6-8;1-3-5-4-2;1-2-3;;;2-1(3)4/h2*4-5H,3,6H2,1-2H3;3-4H2,1-2H3;2H2,1H3;2*1H4;. The van der Waals surface area contributed by atoms with Gasteiger partial charge in [-0.25, -0.2) is 0 Å². The fraction of sp³-hybridized carbons (Fsp3) is 0.800. The Kier molecular flexibility index (Phi) is 38.5. The molecule has 0 spiro atoms. The molecular weight excluding hydrogens is 399 g/mol. The van der Waals surface area contributed by atoms with Gasteiger partial charge < -0.3 is 24.3 Å². The zero-order valence-electron chi connectivity index (χ0n) is 18.5. The second kappa shape index (κ2) is 29.6. The minimum Gasteiger partial charge on any atom is -0.382 e. The molecule has 2 rings (SSSR count). The van der Waals surface area contributed by atoms with Crippen molar-refractivity contribution in [2.45, 2.75) is 49.5 Å². The lowest BCUT2D eigenvalue weighted by Crippen LogP contribution is -2.21. The summed E-state index contributed by atoms with van der Waals surface area (Å²) < 4.78 is 44.1. The minimum absolute atomic E-state index is 0. The summed E-state index contributed by atoms with van der Waals surface area (Å²) in [6.45, 7) is 15.5. The molecule has 0 radical (unpaired) electrons. The van der Waals surface area contributed by atoms with Crippen molar-refractivity contribution in [1.82, 2.24) is 19.6 Å². The Balaban J connectivity index is -0.0000000897. The first kappa shape index (κ1) is 39.0. The van der Waals surface area contributed by atoms with Gasteiger partial charge >= 0.3 is 7.54 Å². The first-order valence-corrected chi connectivity index (χ1v) is 9.53. The van der Waals surface area contributed by atoms with E-state index in [0.29, 0.717) is 0 Å². The number of alkyl halides is 1. The van der Waals surface area contributed by atoms with Gasteiger partial charge in [0.1, 0.15) is 0 Å². The van der Waals surface area contributed by atoms with Gasteiger partial charge in [0.05, 0.1) is 20.0 Å². The normalized spacial score (nSPS) is 12.6. The molecule has 0 fully saturated rings. The van der Waals surface area contributed by atoms with Crippen LogP contribution in [0.15, 0.2) is 24.8 Å². The molecule has 2 aliphatic heterocycles. The van der Waals surface area contributed by atoms with Crippen molar-refractivity contribution in [3.8, 4) is 0 Å². The van der Waals surface area contributed by atoms with Crippen LogP contribution >= 0.6 is 0 Å². The van der Waals surface area contributed by atoms with Gasteiger partial charge in [-0.15, -0.1) is 0 Å². The van der Waals surface area contributed by atoms with Crippen LogP contribution in [0, 0.1) is 0 Å². The third kappa shape index (κ3) is 34.0. The van der Waals surface area contributed by atoms with Gasteiger partial charge in [-0.2, -0.15) is 0 Å². The molecule has 0 unspecified atom stereocenters. The first-order valence-electron chi connectivity index (χ1n) is 9.53. The predicted molar refractivity (Wildman–Crippen MR) is 125 cm³/mol. The average Bonchev–Trinajstić information content (AvgIpc) is 3.25. The van der Waals surface area contributed by atoms with E-state index >= 15 is 0 Å². The fourth-order valence-electron chi connectivity index (χ4n) is 1.79. The van der Waals surface area contributed by atoms with Gasteiger partial charge in [-0.1, -0.05) is 14.9 Å². The highest BCUT2D eigenvalue weighted by molar-refractivity contribution is 6.33. The van der Waals surface area contributed by atoms with E-state index in [1.165, 1.54) is 6.92 Å². The molecule has 0 saturated heterocycles. The molecule has 0 bridgehead atoms. The van der Waals surface area contributed by atoms with Crippen LogP contribution < -0.4 is 0 Å². The van der Waals surface area contributed by atoms with Crippen molar-refractivity contribution in [1.29, 1.82) is 0 Å². The summed E-state index contributed by atoms with van der Waals surface area (Å²) in [5.41, 5.74) is 0. The Labute approximate surface area is 184 Å². The van der Waals surface area contributed by atoms with Crippen LogP contribution in [-0.2, 0) is 4.74 Å². The van der Waals surface area contributed by atoms with Crippen LogP contribution in [-0.4, -0.2) is 87.6 Å². The molecule has 0 aromatic rings. The van der Waals surface area contributed by atoms with E-state index in [1.807, 2.05) is 13.8 Å². The van der Waals surface area contributed by atoms with E-state index in [4.69, 9.17) is 4.74 Å². The van der Waals surface area contributed by atoms with Gasteiger partial charge in [-0.3, -0.25) is 17.3 Å². The van der Waals surface area contributed by atoms with Crippen LogP contribution in [0.4, 0.5) is 17.3 Å². The van der Waals surface area contributed by atoms with E-state index in [-0.39, 0.29) is 21.5 Å². The maximum Gasteiger partial charge on any atom is 0.762 e. The largest absolute Gasteiger partial charge is 0.762 e. The van der Waals surface area contributed by atoms with Crippen molar-refractivity contribution in [2.24, 2.45) is 0 Å². The Morgan fingerprint density at radius 1 is 0.733 bits per heavy atom. The molecule has 0 aromatic heterocycles. The van der Waals surface area contributed by atoms with Crippen LogP contribution in [0.25, 0.3) is 0 Å². The number of hydrogen-bond acceptors (Lipinski definition) is 5. The van der Waals surface area contributed by atoms with Gasteiger partial charge in [0.2, 0.25) is 0 Å². The SMILES string of the molecule is C.C.CCF.CCN1C=CN(C)C1.CCN1C=CN(C)C1.CCOCC.FB(F)F. The van der Waals surface area contributed by atoms with Gasteiger partial charge in [0.25, 0.3) is 0 Å². The lowest BCUT2D eigenvalue weighted by molar-refractivity contribution is 0.162. The minimum atomic E-state index is -3.67. The number of hydrogen-bond donors (Lipinski definition) is 0. The molecule has 2 heterocycles. The van der Waals surface area contributed by atoms with Crippen molar-refractivity contribution >= 4 is 7.54 Å². The summed E-state index contributed by atoms with van der Waals surface area (Å²) in [6.07, 6.45) is 8.40. The predicted octanol–water partition coefficient (Wildman–Crippen LogP) is 5.54. The molecule has 10 heteroatoms. The zero-order valence-corrected chi connectivity index (χ0v) is 18.5. The molecule has 0 aromatic carbocycles. The highest BCUT2D eigenvalue weighted by Gasteiger charge is 2.06. The Morgan fingerprint density at radius 3 is 1.07 bits per heavy atom. The van der Waals surface area contributed by atoms with Gasteiger partial charge in [0, 0.05) is 65.2 Å². The molecule has 0 atom stereocenters. The summed E-state index contributed by atoms with van der Waals surface area (Å²) in [5, 5.41) is 0. The van der Waals surface area contributed by atoms with E-state index in [1.54, 1.807) is 0 Å². The van der Waals surface area contributed by atoms with Gasteiger partial charge in [0.15, 0.2) is 0 Å². The zero-order chi connectivity index (χ0) is 22.4. The van der Waals surface area contributed by atoms with Crippen molar-refractivity contribution in [3.05, 3.63) is 24.8 Å². The van der Waals surface area contributed by atoms with Crippen molar-refractivity contribution in [2.75, 3.05) is 60.4 Å². The monoisotopic (exact) mass is 446 g/mol. The van der Waals surface area contributed by atoms with Crippen LogP contribution in [0.1, 0.15) is 49.5 Å². The second-order valence-electron chi connectivity index (χ2n) is 5.50. The fourth-order valence-corrected chi connectivity index (χ4v) is 1.79. The second-order valence-corrected chi connectivity index (χ2v) is 5.50. The molecule has 0 saturated carbocycles. The molecule has 184 valence electrons. The molecular formula is C20H47BF4N4O. The summed E-state index contributed by atoms with van der Waals surface area (Å²) in [4.78, 5) is 8.81. The van der Waals surface area contributed by atoms with Crippen LogP contribution in [0.2, 0.25) is 0 Å². The smallest absolute Gasteiger partial charge is 0.382 e. The van der Waals surface area contributed by atoms with E-state index in [9.17, 15) is 17.3 Å². The maximum atomic E-state index is 10.3. The van der Waals surface area contributed by atoms with E-state index in [0.717, 1.165) is 39.6 Å². The van der Waals surface area contributed by atoms with Gasteiger partial charge in [-0.05, 0) is 34.6 Å². The third-order valence-electron chi connectivity index (χ3n) is 3.09. The summed E-state index contributed by atoms with van der Waals surface area (Å²) >= 11 is 0. The Morgan fingerprint density at radius 2 is 1.00 bits per heavy atom. The lowest BCUT2D eigenvalue weighted by Gasteiger charge is -2.14. The molecule has 0 amide bonds. The number of ether oxygens (including phenoxy) is 1. The average molecular weight is 446 g/mol. The maximum absolute atomic E-state index is 10.3. The van der Waals surface area contributed by atoms with Crippen molar-refractivity contribution in [3.63, 3.8) is 0 Å². The molecule has 0 aliphatic carbocycles. The van der Waals surface area contributed by atoms with E-state index in [2.05, 4.69) is 72.3 Å². The molecule has 5 nitrogen and oxygen atoms in total. The first-order chi connectivity index (χ1) is 13.2. The number of rotatable bonds is 4. The lowest BCUT2D eigenvalue weighted by atomic mass is 10.5. The van der Waals surface area contributed by atoms with Crippen molar-refractivity contribution < 1.29 is 22.1 Å².